The van der Waals surface area contributed by atoms with Crippen molar-refractivity contribution < 1.29 is 4.39 Å². The van der Waals surface area contributed by atoms with Gasteiger partial charge in [-0.1, -0.05) is 24.4 Å². The first-order valence-corrected chi connectivity index (χ1v) is 8.00. The minimum absolute atomic E-state index is 0.151. The molecule has 108 valence electrons. The SMILES string of the molecule is Fc1cc2nc(CCCl)n(CCCC3CC3)c2cc1Cl. The van der Waals surface area contributed by atoms with Crippen LogP contribution in [0.15, 0.2) is 12.1 Å². The summed E-state index contributed by atoms with van der Waals surface area (Å²) in [6.45, 7) is 0.904. The van der Waals surface area contributed by atoms with Gasteiger partial charge in [0.15, 0.2) is 0 Å². The summed E-state index contributed by atoms with van der Waals surface area (Å²) < 4.78 is 15.7. The molecule has 1 heterocycles. The lowest BCUT2D eigenvalue weighted by Gasteiger charge is -2.08. The van der Waals surface area contributed by atoms with Gasteiger partial charge >= 0.3 is 0 Å². The fourth-order valence-corrected chi connectivity index (χ4v) is 2.97. The number of aromatic nitrogens is 2. The molecule has 0 N–H and O–H groups in total. The number of alkyl halides is 1. The molecule has 0 bridgehead atoms. The van der Waals surface area contributed by atoms with Crippen molar-refractivity contribution in [3.63, 3.8) is 0 Å². The van der Waals surface area contributed by atoms with E-state index in [1.54, 1.807) is 6.07 Å². The van der Waals surface area contributed by atoms with Gasteiger partial charge in [0, 0.05) is 24.9 Å². The molecule has 0 aliphatic heterocycles. The third kappa shape index (κ3) is 2.94. The summed E-state index contributed by atoms with van der Waals surface area (Å²) in [5.41, 5.74) is 1.57. The standard InChI is InChI=1S/C15H17Cl2FN2/c16-6-5-15-19-13-9-12(18)11(17)8-14(13)20(15)7-1-2-10-3-4-10/h8-10H,1-7H2. The van der Waals surface area contributed by atoms with Gasteiger partial charge < -0.3 is 4.57 Å². The number of benzene rings is 1. The van der Waals surface area contributed by atoms with E-state index in [2.05, 4.69) is 9.55 Å². The molecule has 1 aliphatic carbocycles. The summed E-state index contributed by atoms with van der Waals surface area (Å²) in [6.07, 6.45) is 5.82. The Morgan fingerprint density at radius 2 is 2.15 bits per heavy atom. The summed E-state index contributed by atoms with van der Waals surface area (Å²) in [7, 11) is 0. The van der Waals surface area contributed by atoms with Crippen molar-refractivity contribution in [2.24, 2.45) is 5.92 Å². The number of hydrogen-bond donors (Lipinski definition) is 0. The average Bonchev–Trinajstić information content (AvgIpc) is 3.18. The van der Waals surface area contributed by atoms with Crippen LogP contribution in [0.3, 0.4) is 0 Å². The normalized spacial score (nSPS) is 15.2. The Kier molecular flexibility index (Phi) is 4.18. The molecule has 1 saturated carbocycles. The van der Waals surface area contributed by atoms with Gasteiger partial charge in [0.05, 0.1) is 16.1 Å². The molecule has 1 aromatic carbocycles. The minimum Gasteiger partial charge on any atom is -0.328 e. The van der Waals surface area contributed by atoms with Gasteiger partial charge in [-0.3, -0.25) is 0 Å². The first-order valence-electron chi connectivity index (χ1n) is 7.09. The highest BCUT2D eigenvalue weighted by molar-refractivity contribution is 6.31. The van der Waals surface area contributed by atoms with Crippen LogP contribution in [0.5, 0.6) is 0 Å². The second-order valence-electron chi connectivity index (χ2n) is 5.46. The zero-order valence-electron chi connectivity index (χ0n) is 11.2. The summed E-state index contributed by atoms with van der Waals surface area (Å²) in [4.78, 5) is 4.50. The topological polar surface area (TPSA) is 17.8 Å². The van der Waals surface area contributed by atoms with Gasteiger partial charge in [-0.15, -0.1) is 11.6 Å². The molecule has 1 aromatic heterocycles. The number of halogens is 3. The molecule has 2 nitrogen and oxygen atoms in total. The molecule has 5 heteroatoms. The quantitative estimate of drug-likeness (QED) is 0.700. The fraction of sp³-hybridized carbons (Fsp3) is 0.533. The maximum atomic E-state index is 13.5. The van der Waals surface area contributed by atoms with Gasteiger partial charge in [-0.2, -0.15) is 0 Å². The maximum Gasteiger partial charge on any atom is 0.144 e. The van der Waals surface area contributed by atoms with Crippen LogP contribution in [0.25, 0.3) is 11.0 Å². The molecule has 0 unspecified atom stereocenters. The van der Waals surface area contributed by atoms with E-state index < -0.39 is 5.82 Å². The zero-order chi connectivity index (χ0) is 14.1. The summed E-state index contributed by atoms with van der Waals surface area (Å²) >= 11 is 11.7. The monoisotopic (exact) mass is 314 g/mol. The van der Waals surface area contributed by atoms with Crippen LogP contribution >= 0.6 is 23.2 Å². The first-order chi connectivity index (χ1) is 9.69. The number of imidazole rings is 1. The van der Waals surface area contributed by atoms with Crippen LogP contribution in [0.1, 0.15) is 31.5 Å². The van der Waals surface area contributed by atoms with Gasteiger partial charge in [-0.05, 0) is 24.8 Å². The summed E-state index contributed by atoms with van der Waals surface area (Å²) in [5, 5.41) is 0.151. The summed E-state index contributed by atoms with van der Waals surface area (Å²) in [5.74, 6) is 1.94. The molecule has 1 fully saturated rings. The lowest BCUT2D eigenvalue weighted by Crippen LogP contribution is -2.05. The Bertz CT molecular complexity index is 620. The maximum absolute atomic E-state index is 13.5. The number of aryl methyl sites for hydroxylation is 2. The average molecular weight is 315 g/mol. The van der Waals surface area contributed by atoms with Crippen molar-refractivity contribution in [3.05, 3.63) is 28.8 Å². The highest BCUT2D eigenvalue weighted by atomic mass is 35.5. The van der Waals surface area contributed by atoms with Crippen molar-refractivity contribution in [2.75, 3.05) is 5.88 Å². The van der Waals surface area contributed by atoms with Crippen molar-refractivity contribution in [3.8, 4) is 0 Å². The van der Waals surface area contributed by atoms with Crippen LogP contribution in [0, 0.1) is 11.7 Å². The third-order valence-electron chi connectivity index (χ3n) is 3.88. The zero-order valence-corrected chi connectivity index (χ0v) is 12.7. The molecule has 0 spiro atoms. The molecule has 1 aliphatic rings. The Labute approximate surface area is 127 Å². The third-order valence-corrected chi connectivity index (χ3v) is 4.36. The van der Waals surface area contributed by atoms with E-state index in [9.17, 15) is 4.39 Å². The molecular weight excluding hydrogens is 298 g/mol. The number of hydrogen-bond acceptors (Lipinski definition) is 1. The molecule has 0 atom stereocenters. The van der Waals surface area contributed by atoms with Crippen LogP contribution in [-0.2, 0) is 13.0 Å². The molecule has 20 heavy (non-hydrogen) atoms. The molecule has 3 rings (SSSR count). The predicted octanol–water partition coefficient (Wildman–Crippen LogP) is 4.80. The van der Waals surface area contributed by atoms with Crippen molar-refractivity contribution in [1.82, 2.24) is 9.55 Å². The smallest absolute Gasteiger partial charge is 0.144 e. The lowest BCUT2D eigenvalue weighted by atomic mass is 10.2. The Balaban J connectivity index is 1.91. The van der Waals surface area contributed by atoms with E-state index in [1.807, 2.05) is 0 Å². The molecule has 0 amide bonds. The second kappa shape index (κ2) is 5.90. The van der Waals surface area contributed by atoms with E-state index in [1.165, 1.54) is 25.3 Å². The number of fused-ring (bicyclic) bond motifs is 1. The predicted molar refractivity (Wildman–Crippen MR) is 81.1 cm³/mol. The second-order valence-corrected chi connectivity index (χ2v) is 6.24. The molecular formula is C15H17Cl2FN2. The van der Waals surface area contributed by atoms with E-state index in [-0.39, 0.29) is 5.02 Å². The molecule has 2 aromatic rings. The van der Waals surface area contributed by atoms with Crippen LogP contribution in [0.2, 0.25) is 5.02 Å². The van der Waals surface area contributed by atoms with Crippen LogP contribution in [-0.4, -0.2) is 15.4 Å². The highest BCUT2D eigenvalue weighted by Gasteiger charge is 2.21. The van der Waals surface area contributed by atoms with E-state index in [0.29, 0.717) is 17.8 Å². The van der Waals surface area contributed by atoms with Gasteiger partial charge in [-0.25, -0.2) is 9.37 Å². The van der Waals surface area contributed by atoms with Gasteiger partial charge in [0.1, 0.15) is 11.6 Å². The van der Waals surface area contributed by atoms with Gasteiger partial charge in [0.25, 0.3) is 0 Å². The van der Waals surface area contributed by atoms with E-state index >= 15 is 0 Å². The van der Waals surface area contributed by atoms with Crippen molar-refractivity contribution >= 4 is 34.2 Å². The summed E-state index contributed by atoms with van der Waals surface area (Å²) in [6, 6.07) is 3.08. The lowest BCUT2D eigenvalue weighted by molar-refractivity contribution is 0.571. The minimum atomic E-state index is -0.417. The molecule has 0 saturated heterocycles. The highest BCUT2D eigenvalue weighted by Crippen LogP contribution is 2.34. The first kappa shape index (κ1) is 14.2. The number of rotatable bonds is 6. The van der Waals surface area contributed by atoms with Crippen LogP contribution in [0.4, 0.5) is 4.39 Å². The Morgan fingerprint density at radius 1 is 1.35 bits per heavy atom. The Hall–Kier alpha value is -0.800. The van der Waals surface area contributed by atoms with Gasteiger partial charge in [0.2, 0.25) is 0 Å². The van der Waals surface area contributed by atoms with Crippen molar-refractivity contribution in [1.29, 1.82) is 0 Å². The Morgan fingerprint density at radius 3 is 2.85 bits per heavy atom. The number of nitrogens with zero attached hydrogens (tertiary/aromatic N) is 2. The van der Waals surface area contributed by atoms with E-state index in [0.717, 1.165) is 30.2 Å². The van der Waals surface area contributed by atoms with Crippen molar-refractivity contribution in [2.45, 2.75) is 38.6 Å². The fourth-order valence-electron chi connectivity index (χ4n) is 2.64. The van der Waals surface area contributed by atoms with Crippen LogP contribution < -0.4 is 0 Å². The molecule has 0 radical (unpaired) electrons. The largest absolute Gasteiger partial charge is 0.328 e. The van der Waals surface area contributed by atoms with E-state index in [4.69, 9.17) is 23.2 Å².